The van der Waals surface area contributed by atoms with E-state index in [0.717, 1.165) is 0 Å². The predicted molar refractivity (Wildman–Crippen MR) is 396 cm³/mol. The molecule has 0 unspecified atom stereocenters. The van der Waals surface area contributed by atoms with E-state index in [4.69, 9.17) is 34.4 Å². The number of nitrogens with two attached hydrogens (primary N) is 6. The second-order valence-electron chi connectivity index (χ2n) is 29.0. The maximum absolute atomic E-state index is 14.2. The molecular formula is C70H131N19O16. The first-order chi connectivity index (χ1) is 49.2. The number of rotatable bonds is 55. The van der Waals surface area contributed by atoms with Gasteiger partial charge < -0.3 is 109 Å². The first-order valence-corrected chi connectivity index (χ1v) is 37.2. The maximum Gasteiger partial charge on any atom is 0.326 e. The molecule has 26 N–H and O–H groups in total. The van der Waals surface area contributed by atoms with Gasteiger partial charge in [-0.05, 0) is 186 Å². The Bertz CT molecular complexity index is 2800. The lowest BCUT2D eigenvalue weighted by Crippen LogP contribution is -2.60. The van der Waals surface area contributed by atoms with E-state index in [1.807, 2.05) is 20.8 Å². The standard InChI is InChI=1S/C70H131N19O16/c1-15-41(10)56(76)69(103)88-53(36-55(75)90)68(102)87-51(33-38(4)5)66(100)84-47(25-17-21-29-72)62(96)79-44(13)58(92)81-46(24-16-20-28-71)61(95)78-42(11)57(91)77-43(12)60(94)85-50(32-37(2)3)65(99)80-45(14)59(93)82-48(26-18-22-30-73)63(97)83-49(27-19-23-31-74)64(98)86-52(34-39(6)7)67(101)89-54(70(104)105)35-40(8)9/h37-54,56H,15-36,71-74,76H2,1-14H3,(H2,75,90)(H,77,91)(H,78,95)(H,79,96)(H,80,99)(H,81,92)(H,82,93)(H,83,97)(H,84,100)(H,85,94)(H,86,98)(H,87,102)(H,88,103)(H,89,101)(H,104,105)/t41-,42-,43-,44-,45-,46-,47-,48-,49-,50-,51-,52-,53-,54-,56-/m0/s1. The highest BCUT2D eigenvalue weighted by molar-refractivity contribution is 6.00. The van der Waals surface area contributed by atoms with Crippen LogP contribution in [-0.2, 0) is 71.9 Å². The van der Waals surface area contributed by atoms with Gasteiger partial charge in [0.15, 0.2) is 0 Å². The number of hydrogen-bond acceptors (Lipinski definition) is 20. The number of unbranched alkanes of at least 4 members (excludes halogenated alkanes) is 4. The summed E-state index contributed by atoms with van der Waals surface area (Å²) in [5.74, 6) is -13.4. The lowest BCUT2D eigenvalue weighted by atomic mass is 9.98. The topological polar surface area (TPSA) is 589 Å². The summed E-state index contributed by atoms with van der Waals surface area (Å²) >= 11 is 0. The molecule has 14 amide bonds. The minimum absolute atomic E-state index is 0.0290. The van der Waals surface area contributed by atoms with Crippen LogP contribution in [0.4, 0.5) is 0 Å². The average Bonchev–Trinajstić information content (AvgIpc) is 0.867. The van der Waals surface area contributed by atoms with E-state index in [-0.39, 0.29) is 107 Å². The number of carboxylic acid groups (broad SMARTS) is 1. The molecule has 0 aromatic heterocycles. The van der Waals surface area contributed by atoms with E-state index >= 15 is 0 Å². The Morgan fingerprint density at radius 1 is 0.286 bits per heavy atom. The molecule has 15 atom stereocenters. The molecule has 0 bridgehead atoms. The fourth-order valence-corrected chi connectivity index (χ4v) is 10.8. The maximum atomic E-state index is 14.2. The first-order valence-electron chi connectivity index (χ1n) is 37.2. The molecule has 0 fully saturated rings. The van der Waals surface area contributed by atoms with Gasteiger partial charge >= 0.3 is 5.97 Å². The summed E-state index contributed by atoms with van der Waals surface area (Å²) in [6.07, 6.45) is 3.78. The highest BCUT2D eigenvalue weighted by Gasteiger charge is 2.37. The van der Waals surface area contributed by atoms with Gasteiger partial charge in [0.1, 0.15) is 78.5 Å². The molecule has 0 aromatic rings. The Kier molecular flexibility index (Phi) is 47.9. The molecule has 0 saturated heterocycles. The molecule has 602 valence electrons. The summed E-state index contributed by atoms with van der Waals surface area (Å²) in [6, 6.07) is -17.8. The van der Waals surface area contributed by atoms with Crippen LogP contribution in [0.15, 0.2) is 0 Å². The van der Waals surface area contributed by atoms with E-state index in [1.165, 1.54) is 27.7 Å². The summed E-state index contributed by atoms with van der Waals surface area (Å²) in [6.45, 7) is 24.3. The lowest BCUT2D eigenvalue weighted by Gasteiger charge is -2.28. The van der Waals surface area contributed by atoms with Crippen LogP contribution in [0.1, 0.15) is 213 Å². The fraction of sp³-hybridized carbons (Fsp3) is 0.786. The van der Waals surface area contributed by atoms with Crippen molar-refractivity contribution in [1.29, 1.82) is 0 Å². The van der Waals surface area contributed by atoms with E-state index in [0.29, 0.717) is 57.8 Å². The van der Waals surface area contributed by atoms with Gasteiger partial charge in [-0.15, -0.1) is 0 Å². The monoisotopic (exact) mass is 1490 g/mol. The molecule has 0 radical (unpaired) electrons. The van der Waals surface area contributed by atoms with Crippen molar-refractivity contribution in [2.45, 2.75) is 297 Å². The number of carbonyl (C=O) groups excluding carboxylic acids is 14. The molecule has 105 heavy (non-hydrogen) atoms. The third-order valence-corrected chi connectivity index (χ3v) is 17.3. The zero-order valence-corrected chi connectivity index (χ0v) is 64.6. The summed E-state index contributed by atoms with van der Waals surface area (Å²) in [5, 5.41) is 43.6. The molecule has 35 heteroatoms. The van der Waals surface area contributed by atoms with Crippen molar-refractivity contribution in [3.8, 4) is 0 Å². The van der Waals surface area contributed by atoms with Crippen LogP contribution in [0.3, 0.4) is 0 Å². The summed E-state index contributed by atoms with van der Waals surface area (Å²) in [7, 11) is 0. The number of nitrogens with one attached hydrogen (secondary N) is 13. The van der Waals surface area contributed by atoms with Gasteiger partial charge in [0, 0.05) is 0 Å². The van der Waals surface area contributed by atoms with Crippen molar-refractivity contribution < 1.29 is 77.0 Å². The van der Waals surface area contributed by atoms with Crippen LogP contribution in [0.5, 0.6) is 0 Å². The summed E-state index contributed by atoms with van der Waals surface area (Å²) in [4.78, 5) is 204. The molecule has 0 aliphatic heterocycles. The molecule has 35 nitrogen and oxygen atoms in total. The van der Waals surface area contributed by atoms with Crippen LogP contribution >= 0.6 is 0 Å². The first kappa shape index (κ1) is 96.8. The van der Waals surface area contributed by atoms with Crippen molar-refractivity contribution in [2.24, 2.45) is 64.0 Å². The third kappa shape index (κ3) is 39.7. The number of carboxylic acids is 1. The normalized spacial score (nSPS) is 15.7. The molecule has 0 heterocycles. The summed E-state index contributed by atoms with van der Waals surface area (Å²) in [5.41, 5.74) is 34.5. The third-order valence-electron chi connectivity index (χ3n) is 17.3. The molecule has 0 aromatic carbocycles. The van der Waals surface area contributed by atoms with Crippen molar-refractivity contribution >= 4 is 88.7 Å². The Labute approximate surface area is 619 Å². The Morgan fingerprint density at radius 3 is 0.771 bits per heavy atom. The van der Waals surface area contributed by atoms with Crippen LogP contribution in [0, 0.1) is 29.6 Å². The highest BCUT2D eigenvalue weighted by Crippen LogP contribution is 2.15. The van der Waals surface area contributed by atoms with Gasteiger partial charge in [0.25, 0.3) is 0 Å². The van der Waals surface area contributed by atoms with Gasteiger partial charge in [0.05, 0.1) is 12.5 Å². The van der Waals surface area contributed by atoms with Gasteiger partial charge in [-0.3, -0.25) is 67.1 Å². The van der Waals surface area contributed by atoms with Gasteiger partial charge in [-0.25, -0.2) is 4.79 Å². The molecule has 0 aliphatic rings. The molecular weight excluding hydrogens is 1360 g/mol. The Balaban J connectivity index is 6.42. The van der Waals surface area contributed by atoms with Gasteiger partial charge in [-0.2, -0.15) is 0 Å². The fourth-order valence-electron chi connectivity index (χ4n) is 10.8. The quantitative estimate of drug-likeness (QED) is 0.0278. The molecule has 0 rings (SSSR count). The van der Waals surface area contributed by atoms with Gasteiger partial charge in [-0.1, -0.05) is 75.7 Å². The van der Waals surface area contributed by atoms with E-state index in [9.17, 15) is 77.0 Å². The smallest absolute Gasteiger partial charge is 0.326 e. The van der Waals surface area contributed by atoms with Crippen LogP contribution in [-0.4, -0.2) is 205 Å². The zero-order chi connectivity index (χ0) is 80.4. The average molecular weight is 1490 g/mol. The van der Waals surface area contributed by atoms with E-state index in [1.54, 1.807) is 48.5 Å². The number of hydrogen-bond donors (Lipinski definition) is 20. The Morgan fingerprint density at radius 2 is 0.495 bits per heavy atom. The van der Waals surface area contributed by atoms with E-state index < -0.39 is 180 Å². The second-order valence-corrected chi connectivity index (χ2v) is 29.0. The molecule has 0 saturated carbocycles. The second kappa shape index (κ2) is 51.9. The van der Waals surface area contributed by atoms with Crippen LogP contribution in [0.2, 0.25) is 0 Å². The number of primary amides is 1. The number of aliphatic carboxylic acids is 1. The van der Waals surface area contributed by atoms with Gasteiger partial charge in [0.2, 0.25) is 82.7 Å². The SMILES string of the molecule is CC[C@H](C)[C@H](N)C(=O)N[C@@H](CC(N)=O)C(=O)N[C@@H](CC(C)C)C(=O)N[C@@H](CCCCN)C(=O)N[C@@H](C)C(=O)N[C@@H](CCCCN)C(=O)N[C@@H](C)C(=O)N[C@@H](C)C(=O)N[C@@H](CC(C)C)C(=O)N[C@@H](C)C(=O)N[C@@H](CCCCN)C(=O)N[C@@H](CCCCN)C(=O)N[C@@H](CC(C)C)C(=O)N[C@@H](CC(C)C)C(=O)O. The van der Waals surface area contributed by atoms with E-state index in [2.05, 4.69) is 69.1 Å². The molecule has 0 spiro atoms. The predicted octanol–water partition coefficient (Wildman–Crippen LogP) is -2.60. The largest absolute Gasteiger partial charge is 0.480 e. The lowest BCUT2D eigenvalue weighted by molar-refractivity contribution is -0.143. The van der Waals surface area contributed by atoms with Crippen LogP contribution < -0.4 is 104 Å². The van der Waals surface area contributed by atoms with Crippen molar-refractivity contribution in [3.63, 3.8) is 0 Å². The highest BCUT2D eigenvalue weighted by atomic mass is 16.4. The van der Waals surface area contributed by atoms with Crippen molar-refractivity contribution in [2.75, 3.05) is 26.2 Å². The van der Waals surface area contributed by atoms with Crippen molar-refractivity contribution in [3.05, 3.63) is 0 Å². The van der Waals surface area contributed by atoms with Crippen LogP contribution in [0.25, 0.3) is 0 Å². The molecule has 0 aliphatic carbocycles. The zero-order valence-electron chi connectivity index (χ0n) is 64.6. The van der Waals surface area contributed by atoms with Crippen molar-refractivity contribution in [1.82, 2.24) is 69.1 Å². The summed E-state index contributed by atoms with van der Waals surface area (Å²) < 4.78 is 0. The number of carbonyl (C=O) groups is 15. The minimum atomic E-state index is -1.49. The number of amides is 14. The minimum Gasteiger partial charge on any atom is -0.480 e. The Hall–Kier alpha value is -8.15.